The number of methoxy groups -OCH3 is 1. The fourth-order valence-electron chi connectivity index (χ4n) is 1.84. The molecule has 0 spiro atoms. The van der Waals surface area contributed by atoms with Crippen LogP contribution in [0.4, 0.5) is 5.69 Å². The summed E-state index contributed by atoms with van der Waals surface area (Å²) in [6.07, 6.45) is 0.732. The third kappa shape index (κ3) is 5.20. The molecule has 1 aromatic carbocycles. The Morgan fingerprint density at radius 2 is 2.11 bits per heavy atom. The first-order chi connectivity index (χ1) is 9.06. The summed E-state index contributed by atoms with van der Waals surface area (Å²) in [6, 6.07) is 7.21. The fraction of sp³-hybridized carbons (Fsp3) is 0.533. The van der Waals surface area contributed by atoms with Crippen molar-refractivity contribution in [2.45, 2.75) is 33.2 Å². The highest BCUT2D eigenvalue weighted by atomic mass is 16.5. The SMILES string of the molecule is CCOC(=O)C(CC(C)C)Nc1cccc(OC)c1. The topological polar surface area (TPSA) is 47.6 Å². The molecule has 0 fully saturated rings. The first kappa shape index (κ1) is 15.3. The molecule has 0 aromatic heterocycles. The van der Waals surface area contributed by atoms with Crippen LogP contribution >= 0.6 is 0 Å². The zero-order valence-electron chi connectivity index (χ0n) is 12.1. The molecule has 4 nitrogen and oxygen atoms in total. The number of ether oxygens (including phenoxy) is 2. The van der Waals surface area contributed by atoms with Crippen molar-refractivity contribution in [3.8, 4) is 5.75 Å². The second kappa shape index (κ2) is 7.67. The van der Waals surface area contributed by atoms with E-state index in [1.54, 1.807) is 7.11 Å². The van der Waals surface area contributed by atoms with E-state index in [4.69, 9.17) is 9.47 Å². The molecule has 0 aliphatic carbocycles. The number of esters is 1. The van der Waals surface area contributed by atoms with Gasteiger partial charge < -0.3 is 14.8 Å². The lowest BCUT2D eigenvalue weighted by Gasteiger charge is -2.20. The minimum Gasteiger partial charge on any atom is -0.497 e. The lowest BCUT2D eigenvalue weighted by molar-refractivity contribution is -0.144. The molecule has 1 aromatic rings. The number of benzene rings is 1. The Morgan fingerprint density at radius 1 is 1.37 bits per heavy atom. The summed E-state index contributed by atoms with van der Waals surface area (Å²) in [5.41, 5.74) is 0.859. The molecule has 4 heteroatoms. The largest absolute Gasteiger partial charge is 0.497 e. The number of carbonyl (C=O) groups excluding carboxylic acids is 1. The van der Waals surface area contributed by atoms with E-state index in [0.717, 1.165) is 17.9 Å². The van der Waals surface area contributed by atoms with Crippen molar-refractivity contribution < 1.29 is 14.3 Å². The average molecular weight is 265 g/mol. The van der Waals surface area contributed by atoms with Crippen molar-refractivity contribution in [1.82, 2.24) is 0 Å². The number of rotatable bonds is 7. The van der Waals surface area contributed by atoms with Gasteiger partial charge in [0, 0.05) is 11.8 Å². The summed E-state index contributed by atoms with van der Waals surface area (Å²) >= 11 is 0. The molecule has 0 radical (unpaired) electrons. The van der Waals surface area contributed by atoms with Gasteiger partial charge in [0.25, 0.3) is 0 Å². The van der Waals surface area contributed by atoms with E-state index >= 15 is 0 Å². The van der Waals surface area contributed by atoms with Crippen molar-refractivity contribution in [1.29, 1.82) is 0 Å². The standard InChI is InChI=1S/C15H23NO3/c1-5-19-15(17)14(9-11(2)3)16-12-7-6-8-13(10-12)18-4/h6-8,10-11,14,16H,5,9H2,1-4H3. The van der Waals surface area contributed by atoms with Gasteiger partial charge in [-0.2, -0.15) is 0 Å². The van der Waals surface area contributed by atoms with Crippen LogP contribution in [-0.2, 0) is 9.53 Å². The molecule has 0 amide bonds. The van der Waals surface area contributed by atoms with Gasteiger partial charge in [0.05, 0.1) is 13.7 Å². The molecular formula is C15H23NO3. The van der Waals surface area contributed by atoms with Gasteiger partial charge in [-0.05, 0) is 31.4 Å². The first-order valence-electron chi connectivity index (χ1n) is 6.64. The predicted molar refractivity (Wildman–Crippen MR) is 76.5 cm³/mol. The molecule has 1 unspecified atom stereocenters. The molecule has 0 bridgehead atoms. The molecular weight excluding hydrogens is 242 g/mol. The Bertz CT molecular complexity index is 404. The Morgan fingerprint density at radius 3 is 2.68 bits per heavy atom. The summed E-state index contributed by atoms with van der Waals surface area (Å²) in [5.74, 6) is 0.962. The summed E-state index contributed by atoms with van der Waals surface area (Å²) in [4.78, 5) is 11.9. The van der Waals surface area contributed by atoms with Gasteiger partial charge in [0.1, 0.15) is 11.8 Å². The number of hydrogen-bond donors (Lipinski definition) is 1. The quantitative estimate of drug-likeness (QED) is 0.770. The molecule has 19 heavy (non-hydrogen) atoms. The normalized spacial score (nSPS) is 12.1. The number of hydrogen-bond acceptors (Lipinski definition) is 4. The highest BCUT2D eigenvalue weighted by Crippen LogP contribution is 2.19. The van der Waals surface area contributed by atoms with Gasteiger partial charge in [-0.1, -0.05) is 19.9 Å². The predicted octanol–water partition coefficient (Wildman–Crippen LogP) is 3.08. The van der Waals surface area contributed by atoms with Crippen molar-refractivity contribution in [2.24, 2.45) is 5.92 Å². The fourth-order valence-corrected chi connectivity index (χ4v) is 1.84. The van der Waals surface area contributed by atoms with Crippen LogP contribution in [0.25, 0.3) is 0 Å². The van der Waals surface area contributed by atoms with E-state index in [1.807, 2.05) is 31.2 Å². The lowest BCUT2D eigenvalue weighted by atomic mass is 10.0. The maximum atomic E-state index is 11.9. The number of carbonyl (C=O) groups is 1. The Balaban J connectivity index is 2.77. The summed E-state index contributed by atoms with van der Waals surface area (Å²) < 4.78 is 10.3. The maximum Gasteiger partial charge on any atom is 0.328 e. The van der Waals surface area contributed by atoms with Crippen molar-refractivity contribution >= 4 is 11.7 Å². The lowest BCUT2D eigenvalue weighted by Crippen LogP contribution is -2.32. The number of nitrogens with one attached hydrogen (secondary N) is 1. The second-order valence-corrected chi connectivity index (χ2v) is 4.81. The zero-order valence-corrected chi connectivity index (χ0v) is 12.1. The van der Waals surface area contributed by atoms with Crippen LogP contribution in [0.15, 0.2) is 24.3 Å². The molecule has 0 aliphatic rings. The van der Waals surface area contributed by atoms with Gasteiger partial charge in [-0.3, -0.25) is 0 Å². The number of anilines is 1. The van der Waals surface area contributed by atoms with Gasteiger partial charge in [0.2, 0.25) is 0 Å². The molecule has 0 aliphatic heterocycles. The summed E-state index contributed by atoms with van der Waals surface area (Å²) in [6.45, 7) is 6.38. The minimum absolute atomic E-state index is 0.209. The van der Waals surface area contributed by atoms with E-state index in [-0.39, 0.29) is 12.0 Å². The maximum absolute atomic E-state index is 11.9. The Labute approximate surface area is 115 Å². The van der Waals surface area contributed by atoms with E-state index in [9.17, 15) is 4.79 Å². The summed E-state index contributed by atoms with van der Waals surface area (Å²) in [7, 11) is 1.62. The first-order valence-corrected chi connectivity index (χ1v) is 6.64. The van der Waals surface area contributed by atoms with Crippen LogP contribution in [0, 0.1) is 5.92 Å². The molecule has 1 rings (SSSR count). The van der Waals surface area contributed by atoms with Crippen LogP contribution in [0.5, 0.6) is 5.75 Å². The molecule has 106 valence electrons. The second-order valence-electron chi connectivity index (χ2n) is 4.81. The van der Waals surface area contributed by atoms with Crippen molar-refractivity contribution in [3.05, 3.63) is 24.3 Å². The molecule has 0 saturated heterocycles. The van der Waals surface area contributed by atoms with Gasteiger partial charge in [0.15, 0.2) is 0 Å². The summed E-state index contributed by atoms with van der Waals surface area (Å²) in [5, 5.41) is 3.22. The van der Waals surface area contributed by atoms with Crippen molar-refractivity contribution in [3.63, 3.8) is 0 Å². The monoisotopic (exact) mass is 265 g/mol. The van der Waals surface area contributed by atoms with E-state index in [2.05, 4.69) is 19.2 Å². The van der Waals surface area contributed by atoms with Crippen LogP contribution in [0.1, 0.15) is 27.2 Å². The minimum atomic E-state index is -0.327. The van der Waals surface area contributed by atoms with E-state index in [1.165, 1.54) is 0 Å². The van der Waals surface area contributed by atoms with E-state index < -0.39 is 0 Å². The highest BCUT2D eigenvalue weighted by molar-refractivity contribution is 5.79. The third-order valence-corrected chi connectivity index (χ3v) is 2.69. The van der Waals surface area contributed by atoms with Gasteiger partial charge >= 0.3 is 5.97 Å². The molecule has 0 saturated carbocycles. The molecule has 1 N–H and O–H groups in total. The van der Waals surface area contributed by atoms with Gasteiger partial charge in [-0.25, -0.2) is 4.79 Å². The van der Waals surface area contributed by atoms with Crippen LogP contribution in [0.3, 0.4) is 0 Å². The van der Waals surface area contributed by atoms with Crippen molar-refractivity contribution in [2.75, 3.05) is 19.0 Å². The molecule has 1 atom stereocenters. The average Bonchev–Trinajstić information content (AvgIpc) is 2.38. The molecule has 0 heterocycles. The Kier molecular flexibility index (Phi) is 6.19. The van der Waals surface area contributed by atoms with Crippen LogP contribution in [0.2, 0.25) is 0 Å². The Hall–Kier alpha value is -1.71. The third-order valence-electron chi connectivity index (χ3n) is 2.69. The van der Waals surface area contributed by atoms with E-state index in [0.29, 0.717) is 12.5 Å². The van der Waals surface area contributed by atoms with Crippen LogP contribution < -0.4 is 10.1 Å². The highest BCUT2D eigenvalue weighted by Gasteiger charge is 2.20. The smallest absolute Gasteiger partial charge is 0.328 e. The zero-order chi connectivity index (χ0) is 14.3. The van der Waals surface area contributed by atoms with Gasteiger partial charge in [-0.15, -0.1) is 0 Å². The van der Waals surface area contributed by atoms with Crippen LogP contribution in [-0.4, -0.2) is 25.7 Å².